The van der Waals surface area contributed by atoms with Crippen molar-refractivity contribution in [3.05, 3.63) is 36.3 Å². The first-order chi connectivity index (χ1) is 15.2. The number of hydrogen-bond donors (Lipinski definition) is 4. The number of anilines is 2. The number of carbonyl (C=O) groups excluding carboxylic acids is 1. The molecule has 3 aliphatic rings. The predicted molar refractivity (Wildman–Crippen MR) is 125 cm³/mol. The molecule has 1 amide bonds. The number of allylic oxidation sites excluding steroid dienone is 2. The van der Waals surface area contributed by atoms with Crippen LogP contribution >= 0.6 is 0 Å². The molecule has 1 aliphatic heterocycles. The molecular formula is C23H35N7O2. The van der Waals surface area contributed by atoms with Gasteiger partial charge >= 0.3 is 6.09 Å². The molecule has 2 saturated carbocycles. The summed E-state index contributed by atoms with van der Waals surface area (Å²) in [4.78, 5) is 23.6. The number of nitrogens with zero attached hydrogens (tertiary/aromatic N) is 3. The normalized spacial score (nSPS) is 24.9. The first kappa shape index (κ1) is 22.4. The fraction of sp³-hybridized carbons (Fsp3) is 0.609. The number of hydrazine groups is 1. The van der Waals surface area contributed by atoms with Gasteiger partial charge in [-0.2, -0.15) is 4.98 Å². The molecule has 5 N–H and O–H groups in total. The molecule has 4 rings (SSSR count). The predicted octanol–water partition coefficient (Wildman–Crippen LogP) is 3.04. The minimum atomic E-state index is -0.498. The van der Waals surface area contributed by atoms with Crippen molar-refractivity contribution in [3.8, 4) is 0 Å². The summed E-state index contributed by atoms with van der Waals surface area (Å²) < 4.78 is 5.40. The summed E-state index contributed by atoms with van der Waals surface area (Å²) in [6.07, 6.45) is 8.83. The average molecular weight is 442 g/mol. The fourth-order valence-electron chi connectivity index (χ4n) is 4.72. The van der Waals surface area contributed by atoms with E-state index in [1.807, 2.05) is 32.9 Å². The highest BCUT2D eigenvalue weighted by atomic mass is 16.6. The van der Waals surface area contributed by atoms with Crippen LogP contribution in [-0.4, -0.2) is 40.8 Å². The van der Waals surface area contributed by atoms with Gasteiger partial charge in [0.15, 0.2) is 0 Å². The Hall–Kier alpha value is -2.81. The fourth-order valence-corrected chi connectivity index (χ4v) is 4.72. The summed E-state index contributed by atoms with van der Waals surface area (Å²) in [5, 5.41) is 6.22. The maximum absolute atomic E-state index is 12.1. The van der Waals surface area contributed by atoms with Gasteiger partial charge in [0, 0.05) is 48.1 Å². The van der Waals surface area contributed by atoms with E-state index in [-0.39, 0.29) is 11.5 Å². The summed E-state index contributed by atoms with van der Waals surface area (Å²) in [5.74, 6) is 7.54. The number of alkyl carbamates (subject to hydrolysis) is 1. The van der Waals surface area contributed by atoms with Crippen LogP contribution in [0.5, 0.6) is 0 Å². The van der Waals surface area contributed by atoms with Crippen LogP contribution < -0.4 is 26.8 Å². The Bertz CT molecular complexity index is 906. The largest absolute Gasteiger partial charge is 0.444 e. The molecule has 3 fully saturated rings. The molecule has 2 heterocycles. The first-order valence-electron chi connectivity index (χ1n) is 11.4. The zero-order valence-electron chi connectivity index (χ0n) is 19.3. The van der Waals surface area contributed by atoms with Gasteiger partial charge in [-0.05, 0) is 65.0 Å². The van der Waals surface area contributed by atoms with E-state index in [2.05, 4.69) is 32.5 Å². The van der Waals surface area contributed by atoms with Gasteiger partial charge < -0.3 is 25.7 Å². The van der Waals surface area contributed by atoms with Gasteiger partial charge in [-0.15, -0.1) is 0 Å². The Balaban J connectivity index is 1.37. The van der Waals surface area contributed by atoms with Crippen molar-refractivity contribution in [1.82, 2.24) is 20.7 Å². The number of amides is 1. The van der Waals surface area contributed by atoms with Gasteiger partial charge in [0.25, 0.3) is 0 Å². The van der Waals surface area contributed by atoms with Crippen LogP contribution in [-0.2, 0) is 4.74 Å². The van der Waals surface area contributed by atoms with E-state index in [1.165, 1.54) is 0 Å². The van der Waals surface area contributed by atoms with Crippen molar-refractivity contribution in [3.63, 3.8) is 0 Å². The number of nitrogens with one attached hydrogen (secondary N) is 3. The molecule has 0 spiro atoms. The van der Waals surface area contributed by atoms with Crippen molar-refractivity contribution in [2.75, 3.05) is 23.3 Å². The first-order valence-corrected chi connectivity index (χ1v) is 11.4. The maximum atomic E-state index is 12.1. The minimum Gasteiger partial charge on any atom is -0.444 e. The van der Waals surface area contributed by atoms with Gasteiger partial charge in [-0.25, -0.2) is 9.78 Å². The Morgan fingerprint density at radius 1 is 1.41 bits per heavy atom. The number of fused-ring (bicyclic) bond motifs is 2. The van der Waals surface area contributed by atoms with Crippen molar-refractivity contribution >= 4 is 17.9 Å². The lowest BCUT2D eigenvalue weighted by Crippen LogP contribution is -2.43. The number of ether oxygens (including phenoxy) is 1. The maximum Gasteiger partial charge on any atom is 0.407 e. The van der Waals surface area contributed by atoms with Crippen LogP contribution in [0.2, 0.25) is 0 Å². The average Bonchev–Trinajstić information content (AvgIpc) is 3.40. The molecule has 2 atom stereocenters. The zero-order valence-corrected chi connectivity index (χ0v) is 19.3. The Morgan fingerprint density at radius 2 is 2.19 bits per heavy atom. The molecule has 9 heteroatoms. The second-order valence-corrected chi connectivity index (χ2v) is 10.3. The van der Waals surface area contributed by atoms with E-state index in [9.17, 15) is 4.79 Å². The second kappa shape index (κ2) is 8.61. The number of aromatic nitrogens is 2. The van der Waals surface area contributed by atoms with Crippen molar-refractivity contribution < 1.29 is 9.53 Å². The highest BCUT2D eigenvalue weighted by molar-refractivity contribution is 5.67. The van der Waals surface area contributed by atoms with Crippen LogP contribution in [0.4, 0.5) is 16.6 Å². The molecule has 2 aliphatic carbocycles. The third-order valence-electron chi connectivity index (χ3n) is 6.33. The molecule has 2 bridgehead atoms. The summed E-state index contributed by atoms with van der Waals surface area (Å²) in [7, 11) is 0. The molecule has 1 aromatic heterocycles. The van der Waals surface area contributed by atoms with Crippen molar-refractivity contribution in [2.45, 2.75) is 64.5 Å². The third-order valence-corrected chi connectivity index (χ3v) is 6.33. The van der Waals surface area contributed by atoms with Gasteiger partial charge in [-0.3, -0.25) is 5.84 Å². The van der Waals surface area contributed by atoms with Crippen LogP contribution in [0, 0.1) is 11.3 Å². The van der Waals surface area contributed by atoms with Gasteiger partial charge in [0.1, 0.15) is 11.4 Å². The Labute approximate surface area is 189 Å². The Kier molecular flexibility index (Phi) is 6.03. The molecule has 2 unspecified atom stereocenters. The van der Waals surface area contributed by atoms with Crippen LogP contribution in [0.25, 0.3) is 0 Å². The highest BCUT2D eigenvalue weighted by Crippen LogP contribution is 2.48. The summed E-state index contributed by atoms with van der Waals surface area (Å²) in [5.41, 5.74) is 4.03. The topological polar surface area (TPSA) is 117 Å². The van der Waals surface area contributed by atoms with E-state index in [1.54, 1.807) is 6.20 Å². The van der Waals surface area contributed by atoms with E-state index >= 15 is 0 Å². The van der Waals surface area contributed by atoms with E-state index in [4.69, 9.17) is 15.6 Å². The molecule has 0 radical (unpaired) electrons. The number of carbonyl (C=O) groups is 1. The van der Waals surface area contributed by atoms with Crippen molar-refractivity contribution in [2.24, 2.45) is 17.2 Å². The molecule has 9 nitrogen and oxygen atoms in total. The standard InChI is InChI=1S/C23H35N7O2/c1-15(11-18(29-24)16-5-6-16)27-19-8-10-25-20(28-19)30-14-23(9-7-17(30)12-23)13-26-21(31)32-22(2,3)4/h8,10-11,16-17,29H,1,5-7,9,12-14,24H2,2-4H3,(H,26,31)(H,25,27,28)/b18-11-. The molecule has 174 valence electrons. The minimum absolute atomic E-state index is 0.0344. The monoisotopic (exact) mass is 441 g/mol. The van der Waals surface area contributed by atoms with E-state index in [0.717, 1.165) is 50.0 Å². The van der Waals surface area contributed by atoms with Crippen LogP contribution in [0.1, 0.15) is 52.9 Å². The van der Waals surface area contributed by atoms with E-state index in [0.29, 0.717) is 30.3 Å². The SMILES string of the molecule is C=C(/C=C(\NN)C1CC1)Nc1ccnc(N2CC3(CNC(=O)OC(C)(C)C)CCC2C3)n1. The van der Waals surface area contributed by atoms with Crippen LogP contribution in [0.15, 0.2) is 36.3 Å². The summed E-state index contributed by atoms with van der Waals surface area (Å²) in [6.45, 7) is 11.1. The van der Waals surface area contributed by atoms with Gasteiger partial charge in [0.2, 0.25) is 5.95 Å². The quantitative estimate of drug-likeness (QED) is 0.276. The number of nitrogens with two attached hydrogens (primary N) is 1. The van der Waals surface area contributed by atoms with Gasteiger partial charge in [0.05, 0.1) is 0 Å². The Morgan fingerprint density at radius 3 is 2.88 bits per heavy atom. The zero-order chi connectivity index (χ0) is 22.9. The third kappa shape index (κ3) is 5.32. The number of rotatable bonds is 8. The van der Waals surface area contributed by atoms with Gasteiger partial charge in [-0.1, -0.05) is 6.58 Å². The number of piperidine rings is 1. The lowest BCUT2D eigenvalue weighted by Gasteiger charge is -2.33. The molecular weight excluding hydrogens is 406 g/mol. The number of hydrogen-bond acceptors (Lipinski definition) is 8. The smallest absolute Gasteiger partial charge is 0.407 e. The molecule has 1 aromatic rings. The van der Waals surface area contributed by atoms with Crippen molar-refractivity contribution in [1.29, 1.82) is 0 Å². The highest BCUT2D eigenvalue weighted by Gasteiger charge is 2.50. The second-order valence-electron chi connectivity index (χ2n) is 10.3. The molecule has 32 heavy (non-hydrogen) atoms. The lowest BCUT2D eigenvalue weighted by atomic mass is 9.87. The lowest BCUT2D eigenvalue weighted by molar-refractivity contribution is 0.0504. The summed E-state index contributed by atoms with van der Waals surface area (Å²) in [6, 6.07) is 2.22. The summed E-state index contributed by atoms with van der Waals surface area (Å²) >= 11 is 0. The molecule has 0 aromatic carbocycles. The van der Waals surface area contributed by atoms with Crippen LogP contribution in [0.3, 0.4) is 0 Å². The van der Waals surface area contributed by atoms with E-state index < -0.39 is 5.60 Å². The molecule has 1 saturated heterocycles.